The van der Waals surface area contributed by atoms with Gasteiger partial charge < -0.3 is 4.74 Å². The third kappa shape index (κ3) is 2.84. The fraction of sp³-hybridized carbons (Fsp3) is 0. The van der Waals surface area contributed by atoms with E-state index in [9.17, 15) is 14.4 Å². The van der Waals surface area contributed by atoms with Crippen molar-refractivity contribution < 1.29 is 19.1 Å². The van der Waals surface area contributed by atoms with Crippen molar-refractivity contribution in [3.05, 3.63) is 108 Å². The van der Waals surface area contributed by atoms with Crippen LogP contribution in [0.15, 0.2) is 91.0 Å². The number of carbonyl (C=O) groups excluding carboxylic acids is 3. The molecule has 0 unspecified atom stereocenters. The maximum Gasteiger partial charge on any atom is 0.343 e. The quantitative estimate of drug-likeness (QED) is 0.283. The number of hydrogen-bond acceptors (Lipinski definition) is 4. The highest BCUT2D eigenvalue weighted by atomic mass is 16.5. The smallest absolute Gasteiger partial charge is 0.343 e. The molecule has 30 heavy (non-hydrogen) atoms. The number of hydrogen-bond donors (Lipinski definition) is 0. The first kappa shape index (κ1) is 17.8. The summed E-state index contributed by atoms with van der Waals surface area (Å²) in [5, 5.41) is 1.73. The molecule has 1 aliphatic rings. The van der Waals surface area contributed by atoms with E-state index in [1.165, 1.54) is 23.1 Å². The van der Waals surface area contributed by atoms with Gasteiger partial charge in [-0.15, -0.1) is 0 Å². The molecule has 5 heteroatoms. The number of ether oxygens (including phenoxy) is 1. The third-order valence-corrected chi connectivity index (χ3v) is 5.08. The Bertz CT molecular complexity index is 1320. The number of carbonyl (C=O) groups is 3. The number of anilines is 1. The Labute approximate surface area is 172 Å². The van der Waals surface area contributed by atoms with Gasteiger partial charge in [-0.1, -0.05) is 54.6 Å². The van der Waals surface area contributed by atoms with Gasteiger partial charge in [-0.3, -0.25) is 9.59 Å². The molecule has 0 radical (unpaired) electrons. The van der Waals surface area contributed by atoms with Gasteiger partial charge in [0.1, 0.15) is 5.75 Å². The van der Waals surface area contributed by atoms with Crippen molar-refractivity contribution in [2.24, 2.45) is 0 Å². The van der Waals surface area contributed by atoms with Crippen LogP contribution in [-0.2, 0) is 0 Å². The summed E-state index contributed by atoms with van der Waals surface area (Å²) in [6, 6.07) is 26.1. The van der Waals surface area contributed by atoms with E-state index < -0.39 is 17.8 Å². The predicted octanol–water partition coefficient (Wildman–Crippen LogP) is 4.86. The van der Waals surface area contributed by atoms with E-state index in [-0.39, 0.29) is 16.7 Å². The van der Waals surface area contributed by atoms with Crippen molar-refractivity contribution in [1.29, 1.82) is 0 Å². The van der Waals surface area contributed by atoms with E-state index in [0.29, 0.717) is 11.4 Å². The topological polar surface area (TPSA) is 63.7 Å². The zero-order valence-electron chi connectivity index (χ0n) is 15.7. The van der Waals surface area contributed by atoms with Crippen LogP contribution in [0, 0.1) is 0 Å². The Hall–Kier alpha value is -4.25. The summed E-state index contributed by atoms with van der Waals surface area (Å²) in [7, 11) is 0. The molecule has 0 spiro atoms. The van der Waals surface area contributed by atoms with Crippen LogP contribution in [0.5, 0.6) is 5.75 Å². The third-order valence-electron chi connectivity index (χ3n) is 5.08. The molecule has 4 aromatic rings. The van der Waals surface area contributed by atoms with Gasteiger partial charge in [-0.25, -0.2) is 9.69 Å². The molecule has 2 amide bonds. The largest absolute Gasteiger partial charge is 0.423 e. The maximum absolute atomic E-state index is 13.1. The van der Waals surface area contributed by atoms with Crippen molar-refractivity contribution in [3.63, 3.8) is 0 Å². The molecular formula is C25H15NO4. The lowest BCUT2D eigenvalue weighted by Gasteiger charge is -2.16. The van der Waals surface area contributed by atoms with Gasteiger partial charge >= 0.3 is 5.97 Å². The number of esters is 1. The van der Waals surface area contributed by atoms with Crippen LogP contribution in [0.3, 0.4) is 0 Å². The fourth-order valence-corrected chi connectivity index (χ4v) is 3.64. The molecule has 0 bridgehead atoms. The summed E-state index contributed by atoms with van der Waals surface area (Å²) >= 11 is 0. The molecule has 0 N–H and O–H groups in total. The highest BCUT2D eigenvalue weighted by Crippen LogP contribution is 2.34. The molecule has 0 aliphatic carbocycles. The van der Waals surface area contributed by atoms with Gasteiger partial charge in [-0.2, -0.15) is 0 Å². The summed E-state index contributed by atoms with van der Waals surface area (Å²) in [6.45, 7) is 0. The van der Waals surface area contributed by atoms with Gasteiger partial charge in [0.05, 0.1) is 22.4 Å². The number of para-hydroxylation sites is 1. The van der Waals surface area contributed by atoms with Crippen LogP contribution in [0.2, 0.25) is 0 Å². The molecule has 0 fully saturated rings. The van der Waals surface area contributed by atoms with E-state index in [1.54, 1.807) is 30.3 Å². The zero-order chi connectivity index (χ0) is 20.7. The fourth-order valence-electron chi connectivity index (χ4n) is 3.64. The SMILES string of the molecule is O=C(Oc1ccccc1)c1ccc2c(c1)C(=O)N(c1cccc3ccccc13)C2=O. The van der Waals surface area contributed by atoms with E-state index in [2.05, 4.69) is 0 Å². The predicted molar refractivity (Wildman–Crippen MR) is 113 cm³/mol. The van der Waals surface area contributed by atoms with E-state index in [0.717, 1.165) is 10.8 Å². The lowest BCUT2D eigenvalue weighted by atomic mass is 10.1. The van der Waals surface area contributed by atoms with Crippen LogP contribution in [0.4, 0.5) is 5.69 Å². The summed E-state index contributed by atoms with van der Waals surface area (Å²) in [5.41, 5.74) is 1.19. The van der Waals surface area contributed by atoms with Gasteiger partial charge in [0.25, 0.3) is 11.8 Å². The Kier molecular flexibility index (Phi) is 4.14. The number of amides is 2. The van der Waals surface area contributed by atoms with Crippen LogP contribution in [-0.4, -0.2) is 17.8 Å². The van der Waals surface area contributed by atoms with Crippen molar-refractivity contribution in [2.75, 3.05) is 4.90 Å². The first-order valence-electron chi connectivity index (χ1n) is 9.41. The second kappa shape index (κ2) is 6.97. The Balaban J connectivity index is 1.52. The zero-order valence-corrected chi connectivity index (χ0v) is 15.7. The average molecular weight is 393 g/mol. The molecule has 0 atom stereocenters. The number of nitrogens with zero attached hydrogens (tertiary/aromatic N) is 1. The lowest BCUT2D eigenvalue weighted by Crippen LogP contribution is -2.29. The number of imide groups is 1. The number of benzene rings is 4. The van der Waals surface area contributed by atoms with Crippen molar-refractivity contribution in [1.82, 2.24) is 0 Å². The summed E-state index contributed by atoms with van der Waals surface area (Å²) in [6.07, 6.45) is 0. The van der Waals surface area contributed by atoms with Gasteiger partial charge in [0.15, 0.2) is 0 Å². The van der Waals surface area contributed by atoms with E-state index >= 15 is 0 Å². The Morgan fingerprint density at radius 3 is 2.23 bits per heavy atom. The average Bonchev–Trinajstić information content (AvgIpc) is 3.03. The molecule has 1 aliphatic heterocycles. The van der Waals surface area contributed by atoms with Gasteiger partial charge in [0, 0.05) is 5.39 Å². The molecule has 0 saturated heterocycles. The minimum atomic E-state index is -0.590. The van der Waals surface area contributed by atoms with Crippen LogP contribution in [0.25, 0.3) is 10.8 Å². The first-order valence-corrected chi connectivity index (χ1v) is 9.41. The highest BCUT2D eigenvalue weighted by molar-refractivity contribution is 6.36. The molecular weight excluding hydrogens is 378 g/mol. The summed E-state index contributed by atoms with van der Waals surface area (Å²) in [5.74, 6) is -1.05. The molecule has 5 rings (SSSR count). The number of rotatable bonds is 3. The van der Waals surface area contributed by atoms with Gasteiger partial charge in [0.2, 0.25) is 0 Å². The van der Waals surface area contributed by atoms with Crippen LogP contribution < -0.4 is 9.64 Å². The number of fused-ring (bicyclic) bond motifs is 2. The molecule has 1 heterocycles. The summed E-state index contributed by atoms with van der Waals surface area (Å²) in [4.78, 5) is 39.8. The minimum absolute atomic E-state index is 0.190. The standard InChI is InChI=1S/C25H15NO4/c27-23-20-14-13-17(25(29)30-18-9-2-1-3-10-18)15-21(20)24(28)26(23)22-12-6-8-16-7-4-5-11-19(16)22/h1-15H. The van der Waals surface area contributed by atoms with Crippen molar-refractivity contribution in [3.8, 4) is 5.75 Å². The first-order chi connectivity index (χ1) is 14.6. The molecule has 0 saturated carbocycles. The Morgan fingerprint density at radius 2 is 1.40 bits per heavy atom. The molecule has 5 nitrogen and oxygen atoms in total. The van der Waals surface area contributed by atoms with Crippen LogP contribution in [0.1, 0.15) is 31.1 Å². The van der Waals surface area contributed by atoms with Crippen LogP contribution >= 0.6 is 0 Å². The lowest BCUT2D eigenvalue weighted by molar-refractivity contribution is 0.0734. The molecule has 144 valence electrons. The Morgan fingerprint density at radius 1 is 0.700 bits per heavy atom. The summed E-state index contributed by atoms with van der Waals surface area (Å²) < 4.78 is 5.34. The monoisotopic (exact) mass is 393 g/mol. The maximum atomic E-state index is 13.1. The van der Waals surface area contributed by atoms with Gasteiger partial charge in [-0.05, 0) is 41.8 Å². The second-order valence-electron chi connectivity index (χ2n) is 6.91. The van der Waals surface area contributed by atoms with E-state index in [4.69, 9.17) is 4.74 Å². The molecule has 4 aromatic carbocycles. The van der Waals surface area contributed by atoms with Crippen molar-refractivity contribution in [2.45, 2.75) is 0 Å². The normalized spacial score (nSPS) is 12.9. The van der Waals surface area contributed by atoms with Crippen molar-refractivity contribution >= 4 is 34.2 Å². The second-order valence-corrected chi connectivity index (χ2v) is 6.91. The highest BCUT2D eigenvalue weighted by Gasteiger charge is 2.38. The minimum Gasteiger partial charge on any atom is -0.423 e. The molecule has 0 aromatic heterocycles. The van der Waals surface area contributed by atoms with E-state index in [1.807, 2.05) is 42.5 Å².